The molecule has 2 N–H and O–H groups in total. The summed E-state index contributed by atoms with van der Waals surface area (Å²) in [4.78, 5) is 4.11. The Kier molecular flexibility index (Phi) is 4.04. The zero-order valence-corrected chi connectivity index (χ0v) is 10.4. The van der Waals surface area contributed by atoms with Crippen LogP contribution < -0.4 is 0 Å². The number of hydrogen-bond acceptors (Lipinski definition) is 4. The fourth-order valence-corrected chi connectivity index (χ4v) is 1.48. The number of rotatable bonds is 5. The number of hydrogen-bond donors (Lipinski definition) is 2. The summed E-state index contributed by atoms with van der Waals surface area (Å²) in [5, 5.41) is 23.9. The van der Waals surface area contributed by atoms with E-state index in [0.717, 1.165) is 0 Å². The first-order valence-electron chi connectivity index (χ1n) is 5.67. The predicted octanol–water partition coefficient (Wildman–Crippen LogP) is 0.923. The van der Waals surface area contributed by atoms with Gasteiger partial charge in [-0.05, 0) is 27.2 Å². The summed E-state index contributed by atoms with van der Waals surface area (Å²) in [5.74, 6) is 0.705. The number of aliphatic hydroxyl groups excluding tert-OH is 1. The third-order valence-electron chi connectivity index (χ3n) is 2.95. The van der Waals surface area contributed by atoms with Crippen LogP contribution in [-0.2, 0) is 6.42 Å². The largest absolute Gasteiger partial charge is 0.390 e. The molecule has 0 fully saturated rings. The van der Waals surface area contributed by atoms with Gasteiger partial charge in [0.15, 0.2) is 0 Å². The highest BCUT2D eigenvalue weighted by molar-refractivity contribution is 4.94. The molecule has 0 bridgehead atoms. The Morgan fingerprint density at radius 2 is 2.12 bits per heavy atom. The van der Waals surface area contributed by atoms with Gasteiger partial charge in [0.2, 0.25) is 0 Å². The lowest BCUT2D eigenvalue weighted by molar-refractivity contribution is -0.0641. The van der Waals surface area contributed by atoms with Crippen LogP contribution >= 0.6 is 0 Å². The zero-order valence-electron chi connectivity index (χ0n) is 10.4. The van der Waals surface area contributed by atoms with Crippen molar-refractivity contribution in [2.75, 3.05) is 0 Å². The molecule has 0 aromatic carbocycles. The van der Waals surface area contributed by atoms with Gasteiger partial charge in [0.05, 0.1) is 11.7 Å². The van der Waals surface area contributed by atoms with Gasteiger partial charge in [-0.15, -0.1) is 0 Å². The lowest BCUT2D eigenvalue weighted by atomic mass is 9.93. The maximum absolute atomic E-state index is 9.92. The first kappa shape index (κ1) is 13.1. The second-order valence-corrected chi connectivity index (χ2v) is 4.65. The van der Waals surface area contributed by atoms with Gasteiger partial charge in [-0.2, -0.15) is 5.10 Å². The van der Waals surface area contributed by atoms with Crippen LogP contribution in [0.4, 0.5) is 0 Å². The third-order valence-corrected chi connectivity index (χ3v) is 2.95. The van der Waals surface area contributed by atoms with Crippen LogP contribution in [0.2, 0.25) is 0 Å². The van der Waals surface area contributed by atoms with E-state index in [1.165, 1.54) is 6.33 Å². The molecule has 1 heterocycles. The van der Waals surface area contributed by atoms with E-state index in [-0.39, 0.29) is 6.04 Å². The second-order valence-electron chi connectivity index (χ2n) is 4.65. The molecule has 0 aliphatic carbocycles. The standard InChI is InChI=1S/C11H21N3O2/c1-5-11(4,16)9(15)6-10-12-7-13-14(10)8(2)3/h7-9,15-16H,5-6H2,1-4H3. The molecule has 16 heavy (non-hydrogen) atoms. The summed E-state index contributed by atoms with van der Waals surface area (Å²) in [6, 6.07) is 0.205. The van der Waals surface area contributed by atoms with E-state index in [1.807, 2.05) is 20.8 Å². The van der Waals surface area contributed by atoms with E-state index in [4.69, 9.17) is 0 Å². The average molecular weight is 227 g/mol. The molecule has 0 saturated carbocycles. The molecule has 0 aliphatic rings. The molecular formula is C11H21N3O2. The minimum Gasteiger partial charge on any atom is -0.390 e. The van der Waals surface area contributed by atoms with Crippen molar-refractivity contribution < 1.29 is 10.2 Å². The molecule has 0 amide bonds. The molecule has 92 valence electrons. The fraction of sp³-hybridized carbons (Fsp3) is 0.818. The highest BCUT2D eigenvalue weighted by Crippen LogP contribution is 2.18. The van der Waals surface area contributed by atoms with Crippen molar-refractivity contribution in [1.29, 1.82) is 0 Å². The first-order valence-corrected chi connectivity index (χ1v) is 5.67. The monoisotopic (exact) mass is 227 g/mol. The maximum atomic E-state index is 9.92. The zero-order chi connectivity index (χ0) is 12.3. The molecule has 5 nitrogen and oxygen atoms in total. The second kappa shape index (κ2) is 4.93. The van der Waals surface area contributed by atoms with Gasteiger partial charge >= 0.3 is 0 Å². The van der Waals surface area contributed by atoms with E-state index >= 15 is 0 Å². The van der Waals surface area contributed by atoms with Crippen LogP contribution in [0.1, 0.15) is 46.0 Å². The number of aliphatic hydroxyl groups is 2. The van der Waals surface area contributed by atoms with Gasteiger partial charge in [0.1, 0.15) is 12.2 Å². The Balaban J connectivity index is 2.77. The molecule has 0 aliphatic heterocycles. The summed E-state index contributed by atoms with van der Waals surface area (Å²) in [7, 11) is 0. The lowest BCUT2D eigenvalue weighted by Gasteiger charge is -2.27. The topological polar surface area (TPSA) is 71.2 Å². The molecule has 2 atom stereocenters. The molecule has 0 saturated heterocycles. The van der Waals surface area contributed by atoms with Gasteiger partial charge in [-0.25, -0.2) is 9.67 Å². The smallest absolute Gasteiger partial charge is 0.138 e. The summed E-state index contributed by atoms with van der Waals surface area (Å²) < 4.78 is 1.76. The van der Waals surface area contributed by atoms with Gasteiger partial charge < -0.3 is 10.2 Å². The highest BCUT2D eigenvalue weighted by Gasteiger charge is 2.29. The minimum absolute atomic E-state index is 0.205. The normalized spacial score (nSPS) is 17.4. The van der Waals surface area contributed by atoms with Crippen molar-refractivity contribution in [2.24, 2.45) is 0 Å². The van der Waals surface area contributed by atoms with Crippen LogP contribution in [0.15, 0.2) is 6.33 Å². The van der Waals surface area contributed by atoms with Crippen molar-refractivity contribution in [3.63, 3.8) is 0 Å². The number of aromatic nitrogens is 3. The molecule has 0 radical (unpaired) electrons. The van der Waals surface area contributed by atoms with Gasteiger partial charge in [0, 0.05) is 12.5 Å². The molecule has 2 unspecified atom stereocenters. The van der Waals surface area contributed by atoms with Crippen molar-refractivity contribution in [3.8, 4) is 0 Å². The third kappa shape index (κ3) is 2.80. The summed E-state index contributed by atoms with van der Waals surface area (Å²) >= 11 is 0. The SMILES string of the molecule is CCC(C)(O)C(O)Cc1ncnn1C(C)C. The predicted molar refractivity (Wildman–Crippen MR) is 61.0 cm³/mol. The Bertz CT molecular complexity index is 334. The van der Waals surface area contributed by atoms with Crippen molar-refractivity contribution in [2.45, 2.75) is 58.3 Å². The molecule has 1 rings (SSSR count). The lowest BCUT2D eigenvalue weighted by Crippen LogP contribution is -2.40. The minimum atomic E-state index is -1.08. The molecule has 0 spiro atoms. The molecule has 1 aromatic rings. The van der Waals surface area contributed by atoms with Crippen LogP contribution in [0, 0.1) is 0 Å². The Labute approximate surface area is 96.1 Å². The van der Waals surface area contributed by atoms with E-state index in [9.17, 15) is 10.2 Å². The van der Waals surface area contributed by atoms with Gasteiger partial charge in [-0.3, -0.25) is 0 Å². The van der Waals surface area contributed by atoms with E-state index < -0.39 is 11.7 Å². The van der Waals surface area contributed by atoms with Crippen molar-refractivity contribution >= 4 is 0 Å². The maximum Gasteiger partial charge on any atom is 0.138 e. The van der Waals surface area contributed by atoms with Crippen molar-refractivity contribution in [1.82, 2.24) is 14.8 Å². The first-order chi connectivity index (χ1) is 7.38. The fourth-order valence-electron chi connectivity index (χ4n) is 1.48. The van der Waals surface area contributed by atoms with Crippen LogP contribution in [0.3, 0.4) is 0 Å². The number of nitrogens with zero attached hydrogens (tertiary/aromatic N) is 3. The quantitative estimate of drug-likeness (QED) is 0.784. The summed E-state index contributed by atoms with van der Waals surface area (Å²) in [5.41, 5.74) is -1.08. The molecule has 1 aromatic heterocycles. The van der Waals surface area contributed by atoms with Crippen LogP contribution in [-0.4, -0.2) is 36.7 Å². The Morgan fingerprint density at radius 3 is 2.62 bits per heavy atom. The Morgan fingerprint density at radius 1 is 1.50 bits per heavy atom. The summed E-state index contributed by atoms with van der Waals surface area (Å²) in [6.07, 6.45) is 1.48. The molecule has 5 heteroatoms. The van der Waals surface area contributed by atoms with Gasteiger partial charge in [-0.1, -0.05) is 6.92 Å². The highest BCUT2D eigenvalue weighted by atomic mass is 16.3. The van der Waals surface area contributed by atoms with Crippen molar-refractivity contribution in [3.05, 3.63) is 12.2 Å². The van der Waals surface area contributed by atoms with Gasteiger partial charge in [0.25, 0.3) is 0 Å². The summed E-state index contributed by atoms with van der Waals surface area (Å²) in [6.45, 7) is 7.48. The molecular weight excluding hydrogens is 206 g/mol. The van der Waals surface area contributed by atoms with Crippen LogP contribution in [0.25, 0.3) is 0 Å². The van der Waals surface area contributed by atoms with E-state index in [1.54, 1.807) is 11.6 Å². The van der Waals surface area contributed by atoms with E-state index in [2.05, 4.69) is 10.1 Å². The Hall–Kier alpha value is -0.940. The van der Waals surface area contributed by atoms with E-state index in [0.29, 0.717) is 18.7 Å². The van der Waals surface area contributed by atoms with Crippen LogP contribution in [0.5, 0.6) is 0 Å². The average Bonchev–Trinajstić information content (AvgIpc) is 2.65.